The van der Waals surface area contributed by atoms with Crippen molar-refractivity contribution in [3.63, 3.8) is 0 Å². The molecule has 0 unspecified atom stereocenters. The summed E-state index contributed by atoms with van der Waals surface area (Å²) >= 11 is 0. The van der Waals surface area contributed by atoms with Crippen LogP contribution in [-0.4, -0.2) is 66.2 Å². The number of carbonyl (C=O) groups is 4. The second kappa shape index (κ2) is 8.07. The molecule has 0 spiro atoms. The van der Waals surface area contributed by atoms with Crippen LogP contribution in [0.5, 0.6) is 0 Å². The monoisotopic (exact) mass is 424 g/mol. The van der Waals surface area contributed by atoms with Crippen molar-refractivity contribution in [2.45, 2.75) is 0 Å². The van der Waals surface area contributed by atoms with E-state index in [1.165, 1.54) is 29.2 Å². The molecule has 1 saturated heterocycles. The maximum Gasteiger partial charge on any atom is 0.345 e. The van der Waals surface area contributed by atoms with Gasteiger partial charge >= 0.3 is 5.97 Å². The molecule has 2 aromatic carbocycles. The SMILES string of the molecule is O=C1c2ccccc2C(=O)c2c1ccc(C(=O)OCC(=O)N1CCOCC1)c2[N+](=O)[O-]. The lowest BCUT2D eigenvalue weighted by Gasteiger charge is -2.26. The van der Waals surface area contributed by atoms with Gasteiger partial charge in [-0.25, -0.2) is 4.79 Å². The minimum absolute atomic E-state index is 0.0242. The Kier molecular flexibility index (Phi) is 5.30. The third-order valence-electron chi connectivity index (χ3n) is 5.16. The summed E-state index contributed by atoms with van der Waals surface area (Å²) in [7, 11) is 0. The summed E-state index contributed by atoms with van der Waals surface area (Å²) in [5.41, 5.74) is -1.76. The summed E-state index contributed by atoms with van der Waals surface area (Å²) in [6.07, 6.45) is 0. The first-order valence-electron chi connectivity index (χ1n) is 9.42. The van der Waals surface area contributed by atoms with Gasteiger partial charge in [-0.3, -0.25) is 24.5 Å². The molecule has 2 aliphatic rings. The highest BCUT2D eigenvalue weighted by atomic mass is 16.6. The number of morpholine rings is 1. The Morgan fingerprint density at radius 3 is 2.29 bits per heavy atom. The Hall–Kier alpha value is -3.92. The van der Waals surface area contributed by atoms with E-state index in [9.17, 15) is 29.3 Å². The van der Waals surface area contributed by atoms with E-state index in [1.807, 2.05) is 0 Å². The second-order valence-electron chi connectivity index (χ2n) is 6.91. The predicted octanol–water partition coefficient (Wildman–Crippen LogP) is 1.39. The maximum absolute atomic E-state index is 12.9. The highest BCUT2D eigenvalue weighted by Crippen LogP contribution is 2.35. The summed E-state index contributed by atoms with van der Waals surface area (Å²) in [5, 5.41) is 11.8. The summed E-state index contributed by atoms with van der Waals surface area (Å²) in [4.78, 5) is 62.8. The number of esters is 1. The minimum Gasteiger partial charge on any atom is -0.452 e. The second-order valence-corrected chi connectivity index (χ2v) is 6.91. The summed E-state index contributed by atoms with van der Waals surface area (Å²) in [5.74, 6) is -2.86. The molecule has 31 heavy (non-hydrogen) atoms. The average molecular weight is 424 g/mol. The summed E-state index contributed by atoms with van der Waals surface area (Å²) in [6, 6.07) is 8.24. The highest BCUT2D eigenvalue weighted by molar-refractivity contribution is 6.30. The van der Waals surface area contributed by atoms with E-state index in [1.54, 1.807) is 6.07 Å². The van der Waals surface area contributed by atoms with Gasteiger partial charge in [0.15, 0.2) is 12.4 Å². The van der Waals surface area contributed by atoms with E-state index >= 15 is 0 Å². The standard InChI is InChI=1S/C21H16N2O8/c24-16(22-7-9-30-10-8-22)11-31-21(27)15-6-5-14-17(18(15)23(28)29)20(26)13-4-2-1-3-12(13)19(14)25/h1-6H,7-11H2. The molecule has 158 valence electrons. The molecule has 1 aliphatic carbocycles. The van der Waals surface area contributed by atoms with Gasteiger partial charge in [0.2, 0.25) is 5.78 Å². The lowest BCUT2D eigenvalue weighted by molar-refractivity contribution is -0.385. The Morgan fingerprint density at radius 1 is 1.00 bits per heavy atom. The Morgan fingerprint density at radius 2 is 1.65 bits per heavy atom. The molecule has 0 bridgehead atoms. The number of hydrogen-bond donors (Lipinski definition) is 0. The van der Waals surface area contributed by atoms with Gasteiger partial charge in [0, 0.05) is 29.8 Å². The van der Waals surface area contributed by atoms with Gasteiger partial charge in [0.1, 0.15) is 11.1 Å². The number of rotatable bonds is 4. The zero-order chi connectivity index (χ0) is 22.1. The molecule has 0 atom stereocenters. The van der Waals surface area contributed by atoms with Crippen molar-refractivity contribution in [1.82, 2.24) is 4.90 Å². The van der Waals surface area contributed by atoms with E-state index in [-0.39, 0.29) is 16.7 Å². The van der Waals surface area contributed by atoms with Crippen molar-refractivity contribution in [1.29, 1.82) is 0 Å². The van der Waals surface area contributed by atoms with Crippen LogP contribution in [0.2, 0.25) is 0 Å². The molecule has 1 amide bonds. The van der Waals surface area contributed by atoms with Crippen molar-refractivity contribution >= 4 is 29.1 Å². The minimum atomic E-state index is -1.13. The van der Waals surface area contributed by atoms with Crippen LogP contribution in [0.15, 0.2) is 36.4 Å². The number of amides is 1. The Balaban J connectivity index is 1.66. The summed E-state index contributed by atoms with van der Waals surface area (Å²) in [6.45, 7) is 0.834. The van der Waals surface area contributed by atoms with Crippen molar-refractivity contribution < 1.29 is 33.6 Å². The third-order valence-corrected chi connectivity index (χ3v) is 5.16. The number of nitro groups is 1. The zero-order valence-electron chi connectivity index (χ0n) is 16.2. The topological polar surface area (TPSA) is 133 Å². The van der Waals surface area contributed by atoms with E-state index in [0.29, 0.717) is 26.3 Å². The van der Waals surface area contributed by atoms with E-state index in [0.717, 1.165) is 6.07 Å². The van der Waals surface area contributed by atoms with Crippen molar-refractivity contribution in [2.75, 3.05) is 32.9 Å². The molecule has 10 heteroatoms. The fourth-order valence-electron chi connectivity index (χ4n) is 3.63. The van der Waals surface area contributed by atoms with Gasteiger partial charge in [0.05, 0.1) is 18.1 Å². The Bertz CT molecular complexity index is 1130. The molecule has 0 radical (unpaired) electrons. The number of nitro benzene ring substituents is 1. The number of ketones is 2. The highest BCUT2D eigenvalue weighted by Gasteiger charge is 2.39. The molecular formula is C21H16N2O8. The van der Waals surface area contributed by atoms with Crippen LogP contribution >= 0.6 is 0 Å². The first-order valence-corrected chi connectivity index (χ1v) is 9.42. The fourth-order valence-corrected chi connectivity index (χ4v) is 3.63. The number of fused-ring (bicyclic) bond motifs is 2. The molecule has 1 aliphatic heterocycles. The van der Waals surface area contributed by atoms with E-state index in [2.05, 4.69) is 0 Å². The zero-order valence-corrected chi connectivity index (χ0v) is 16.2. The van der Waals surface area contributed by atoms with Gasteiger partial charge in [-0.1, -0.05) is 24.3 Å². The average Bonchev–Trinajstić information content (AvgIpc) is 2.80. The van der Waals surface area contributed by atoms with Crippen LogP contribution in [0.4, 0.5) is 5.69 Å². The number of carbonyl (C=O) groups excluding carboxylic acids is 4. The lowest BCUT2D eigenvalue weighted by Crippen LogP contribution is -2.42. The molecule has 4 rings (SSSR count). The lowest BCUT2D eigenvalue weighted by atomic mass is 9.82. The number of nitrogens with zero attached hydrogens (tertiary/aromatic N) is 2. The first-order chi connectivity index (χ1) is 14.9. The van der Waals surface area contributed by atoms with Gasteiger partial charge in [-0.2, -0.15) is 0 Å². The summed E-state index contributed by atoms with van der Waals surface area (Å²) < 4.78 is 10.1. The first kappa shape index (κ1) is 20.4. The molecule has 0 aromatic heterocycles. The number of hydrogen-bond acceptors (Lipinski definition) is 8. The maximum atomic E-state index is 12.9. The normalized spacial score (nSPS) is 15.2. The molecule has 1 fully saturated rings. The van der Waals surface area contributed by atoms with Crippen molar-refractivity contribution in [3.05, 3.63) is 74.3 Å². The van der Waals surface area contributed by atoms with Crippen molar-refractivity contribution in [2.24, 2.45) is 0 Å². The fraction of sp³-hybridized carbons (Fsp3) is 0.238. The van der Waals surface area contributed by atoms with Gasteiger partial charge in [-0.15, -0.1) is 0 Å². The molecular weight excluding hydrogens is 408 g/mol. The van der Waals surface area contributed by atoms with Gasteiger partial charge in [0.25, 0.3) is 11.6 Å². The third kappa shape index (κ3) is 3.57. The van der Waals surface area contributed by atoms with Crippen LogP contribution in [0, 0.1) is 10.1 Å². The Labute approximate surface area is 175 Å². The van der Waals surface area contributed by atoms with Crippen molar-refractivity contribution in [3.8, 4) is 0 Å². The largest absolute Gasteiger partial charge is 0.452 e. The van der Waals surface area contributed by atoms with Crippen LogP contribution in [0.1, 0.15) is 42.2 Å². The molecule has 10 nitrogen and oxygen atoms in total. The van der Waals surface area contributed by atoms with E-state index in [4.69, 9.17) is 9.47 Å². The quantitative estimate of drug-likeness (QED) is 0.348. The predicted molar refractivity (Wildman–Crippen MR) is 104 cm³/mol. The van der Waals surface area contributed by atoms with E-state index < -0.39 is 51.8 Å². The molecule has 0 N–H and O–H groups in total. The van der Waals surface area contributed by atoms with Gasteiger partial charge in [-0.05, 0) is 12.1 Å². The van der Waals surface area contributed by atoms with Gasteiger partial charge < -0.3 is 14.4 Å². The van der Waals surface area contributed by atoms with Crippen LogP contribution < -0.4 is 0 Å². The molecule has 2 aromatic rings. The van der Waals surface area contributed by atoms with Crippen LogP contribution in [0.3, 0.4) is 0 Å². The number of benzene rings is 2. The van der Waals surface area contributed by atoms with Crippen LogP contribution in [-0.2, 0) is 14.3 Å². The molecule has 0 saturated carbocycles. The molecule has 1 heterocycles. The smallest absolute Gasteiger partial charge is 0.345 e. The van der Waals surface area contributed by atoms with Crippen LogP contribution in [0.25, 0.3) is 0 Å². The number of ether oxygens (including phenoxy) is 2.